The summed E-state index contributed by atoms with van der Waals surface area (Å²) in [6.07, 6.45) is 4.97. The van der Waals surface area contributed by atoms with E-state index in [0.717, 1.165) is 37.2 Å². The largest absolute Gasteiger partial charge is 0.494 e. The molecule has 0 aliphatic carbocycles. The monoisotopic (exact) mass is 439 g/mol. The van der Waals surface area contributed by atoms with Crippen molar-refractivity contribution in [2.45, 2.75) is 32.7 Å². The summed E-state index contributed by atoms with van der Waals surface area (Å²) in [5.41, 5.74) is 9.83. The van der Waals surface area contributed by atoms with E-state index in [4.69, 9.17) is 10.5 Å². The third kappa shape index (κ3) is 4.91. The predicted molar refractivity (Wildman–Crippen MR) is 115 cm³/mol. The predicted octanol–water partition coefficient (Wildman–Crippen LogP) is 1.38. The number of carbonyl (C=O) groups excluding carboxylic acids is 1. The van der Waals surface area contributed by atoms with E-state index in [1.807, 2.05) is 31.2 Å². The van der Waals surface area contributed by atoms with Crippen molar-refractivity contribution in [1.82, 2.24) is 35.6 Å². The fourth-order valence-corrected chi connectivity index (χ4v) is 3.50. The van der Waals surface area contributed by atoms with Crippen molar-refractivity contribution in [3.05, 3.63) is 41.2 Å². The maximum Gasteiger partial charge on any atom is 0.292 e. The van der Waals surface area contributed by atoms with Gasteiger partial charge in [0.2, 0.25) is 11.6 Å². The van der Waals surface area contributed by atoms with Crippen LogP contribution in [0.3, 0.4) is 0 Å². The molecule has 0 atom stereocenters. The molecule has 1 aromatic carbocycles. The highest BCUT2D eigenvalue weighted by Crippen LogP contribution is 2.19. The van der Waals surface area contributed by atoms with Gasteiger partial charge in [0.05, 0.1) is 12.8 Å². The zero-order valence-corrected chi connectivity index (χ0v) is 17.8. The molecule has 1 fully saturated rings. The van der Waals surface area contributed by atoms with Gasteiger partial charge in [-0.1, -0.05) is 11.6 Å². The SMILES string of the molecule is CCOc1ccc(/C=N/NC(=O)c2c(CN3CCCCC3)nnn2-c2nonc2N)cc1. The first-order valence-corrected chi connectivity index (χ1v) is 10.5. The van der Waals surface area contributed by atoms with Crippen LogP contribution in [0.4, 0.5) is 5.82 Å². The number of carbonyl (C=O) groups is 1. The Bertz CT molecular complexity index is 1070. The summed E-state index contributed by atoms with van der Waals surface area (Å²) in [5, 5.41) is 19.6. The number of nitrogens with two attached hydrogens (primary N) is 1. The fraction of sp³-hybridized carbons (Fsp3) is 0.400. The van der Waals surface area contributed by atoms with Gasteiger partial charge in [-0.3, -0.25) is 9.69 Å². The molecular formula is C20H25N9O3. The molecule has 0 spiro atoms. The van der Waals surface area contributed by atoms with Crippen LogP contribution in [0.5, 0.6) is 5.75 Å². The van der Waals surface area contributed by atoms with Crippen molar-refractivity contribution >= 4 is 17.9 Å². The zero-order chi connectivity index (χ0) is 22.3. The molecule has 3 N–H and O–H groups in total. The number of ether oxygens (including phenoxy) is 1. The highest BCUT2D eigenvalue weighted by Gasteiger charge is 2.26. The van der Waals surface area contributed by atoms with Gasteiger partial charge < -0.3 is 10.5 Å². The Hall–Kier alpha value is -3.80. The van der Waals surface area contributed by atoms with E-state index in [9.17, 15) is 4.79 Å². The summed E-state index contributed by atoms with van der Waals surface area (Å²) in [6.45, 7) is 4.88. The Morgan fingerprint density at radius 2 is 2.03 bits per heavy atom. The molecule has 1 amide bonds. The molecule has 1 aliphatic heterocycles. The molecule has 168 valence electrons. The molecule has 3 aromatic rings. The number of hydrogen-bond acceptors (Lipinski definition) is 10. The van der Waals surface area contributed by atoms with E-state index in [1.165, 1.54) is 17.3 Å². The van der Waals surface area contributed by atoms with E-state index in [2.05, 4.69) is 40.7 Å². The van der Waals surface area contributed by atoms with Crippen LogP contribution < -0.4 is 15.9 Å². The second-order valence-corrected chi connectivity index (χ2v) is 7.31. The Morgan fingerprint density at radius 1 is 1.25 bits per heavy atom. The van der Waals surface area contributed by atoms with Crippen molar-refractivity contribution in [3.63, 3.8) is 0 Å². The van der Waals surface area contributed by atoms with Gasteiger partial charge >= 0.3 is 0 Å². The molecule has 3 heterocycles. The number of hydrazone groups is 1. The lowest BCUT2D eigenvalue weighted by Gasteiger charge is -2.25. The highest BCUT2D eigenvalue weighted by atomic mass is 16.6. The number of nitrogens with one attached hydrogen (secondary N) is 1. The summed E-state index contributed by atoms with van der Waals surface area (Å²) >= 11 is 0. The number of piperidine rings is 1. The first-order valence-electron chi connectivity index (χ1n) is 10.5. The molecule has 0 unspecified atom stereocenters. The average molecular weight is 439 g/mol. The number of likely N-dealkylation sites (tertiary alicyclic amines) is 1. The molecule has 1 aliphatic rings. The van der Waals surface area contributed by atoms with Crippen molar-refractivity contribution in [2.75, 3.05) is 25.4 Å². The zero-order valence-electron chi connectivity index (χ0n) is 17.8. The normalized spacial score (nSPS) is 14.7. The van der Waals surface area contributed by atoms with E-state index < -0.39 is 5.91 Å². The summed E-state index contributed by atoms with van der Waals surface area (Å²) in [7, 11) is 0. The highest BCUT2D eigenvalue weighted by molar-refractivity contribution is 5.95. The van der Waals surface area contributed by atoms with Crippen molar-refractivity contribution < 1.29 is 14.2 Å². The smallest absolute Gasteiger partial charge is 0.292 e. The quantitative estimate of drug-likeness (QED) is 0.392. The van der Waals surface area contributed by atoms with Crippen LogP contribution in [0, 0.1) is 0 Å². The molecule has 12 nitrogen and oxygen atoms in total. The van der Waals surface area contributed by atoms with Crippen molar-refractivity contribution in [3.8, 4) is 11.6 Å². The molecule has 0 bridgehead atoms. The lowest BCUT2D eigenvalue weighted by Crippen LogP contribution is -2.31. The van der Waals surface area contributed by atoms with Gasteiger partial charge in [-0.05, 0) is 73.0 Å². The Kier molecular flexibility index (Phi) is 6.70. The number of nitrogen functional groups attached to an aromatic ring is 1. The number of hydrogen-bond donors (Lipinski definition) is 2. The summed E-state index contributed by atoms with van der Waals surface area (Å²) in [6, 6.07) is 7.36. The van der Waals surface area contributed by atoms with Gasteiger partial charge in [0.15, 0.2) is 5.69 Å². The average Bonchev–Trinajstić information content (AvgIpc) is 3.41. The van der Waals surface area contributed by atoms with Crippen molar-refractivity contribution in [2.24, 2.45) is 5.10 Å². The van der Waals surface area contributed by atoms with Gasteiger partial charge in [0.25, 0.3) is 5.91 Å². The van der Waals surface area contributed by atoms with Crippen LogP contribution in [0.2, 0.25) is 0 Å². The molecule has 1 saturated heterocycles. The minimum atomic E-state index is -0.494. The molecule has 2 aromatic heterocycles. The van der Waals surface area contributed by atoms with Crippen LogP contribution in [-0.4, -0.2) is 62.0 Å². The van der Waals surface area contributed by atoms with Crippen LogP contribution in [0.15, 0.2) is 34.0 Å². The maximum absolute atomic E-state index is 13.0. The van der Waals surface area contributed by atoms with Crippen LogP contribution in [-0.2, 0) is 6.54 Å². The Morgan fingerprint density at radius 3 is 2.72 bits per heavy atom. The van der Waals surface area contributed by atoms with Gasteiger partial charge in [0.1, 0.15) is 11.4 Å². The first-order chi connectivity index (χ1) is 15.7. The molecule has 0 radical (unpaired) electrons. The number of anilines is 1. The third-order valence-electron chi connectivity index (χ3n) is 5.04. The van der Waals surface area contributed by atoms with E-state index in [1.54, 1.807) is 0 Å². The van der Waals surface area contributed by atoms with E-state index in [-0.39, 0.29) is 17.3 Å². The Labute approximate surface area is 184 Å². The fourth-order valence-electron chi connectivity index (χ4n) is 3.50. The lowest BCUT2D eigenvalue weighted by atomic mass is 10.1. The number of nitrogens with zero attached hydrogens (tertiary/aromatic N) is 7. The van der Waals surface area contributed by atoms with Crippen LogP contribution in [0.1, 0.15) is 47.9 Å². The summed E-state index contributed by atoms with van der Waals surface area (Å²) < 4.78 is 11.3. The molecule has 4 rings (SSSR count). The summed E-state index contributed by atoms with van der Waals surface area (Å²) in [4.78, 5) is 15.3. The molecular weight excluding hydrogens is 414 g/mol. The van der Waals surface area contributed by atoms with Crippen LogP contribution in [0.25, 0.3) is 5.82 Å². The topological polar surface area (TPSA) is 150 Å². The minimum absolute atomic E-state index is 0.00589. The lowest BCUT2D eigenvalue weighted by molar-refractivity contribution is 0.0944. The van der Waals surface area contributed by atoms with Gasteiger partial charge in [-0.25, -0.2) is 10.1 Å². The summed E-state index contributed by atoms with van der Waals surface area (Å²) in [5.74, 6) is 0.380. The van der Waals surface area contributed by atoms with Crippen LogP contribution >= 0.6 is 0 Å². The third-order valence-corrected chi connectivity index (χ3v) is 5.04. The van der Waals surface area contributed by atoms with Crippen molar-refractivity contribution in [1.29, 1.82) is 0 Å². The number of amides is 1. The standard InChI is InChI=1S/C20H25N9O3/c1-2-31-15-8-6-14(7-9-15)12-22-24-20(30)17-16(13-28-10-4-3-5-11-28)23-27-29(17)19-18(21)25-32-26-19/h6-9,12H,2-5,10-11,13H2,1H3,(H2,21,25)(H,24,30)/b22-12+. The van der Waals surface area contributed by atoms with E-state index in [0.29, 0.717) is 18.8 Å². The maximum atomic E-state index is 13.0. The first kappa shape index (κ1) is 21.4. The second kappa shape index (κ2) is 10.0. The van der Waals surface area contributed by atoms with Gasteiger partial charge in [-0.2, -0.15) is 9.78 Å². The number of aromatic nitrogens is 5. The van der Waals surface area contributed by atoms with Gasteiger partial charge in [-0.15, -0.1) is 5.10 Å². The van der Waals surface area contributed by atoms with E-state index >= 15 is 0 Å². The van der Waals surface area contributed by atoms with Gasteiger partial charge in [0, 0.05) is 6.54 Å². The minimum Gasteiger partial charge on any atom is -0.494 e. The molecule has 0 saturated carbocycles. The number of rotatable bonds is 8. The second-order valence-electron chi connectivity index (χ2n) is 7.31. The Balaban J connectivity index is 1.53. The number of benzene rings is 1. The molecule has 32 heavy (non-hydrogen) atoms. The molecule has 12 heteroatoms.